The minimum Gasteiger partial charge on any atom is -0.263 e. The number of rotatable bonds is 0. The van der Waals surface area contributed by atoms with Gasteiger partial charge in [-0.05, 0) is 18.2 Å². The molecule has 0 spiro atoms. The topological polar surface area (TPSA) is 56.0 Å². The predicted octanol–water partition coefficient (Wildman–Crippen LogP) is 1.33. The van der Waals surface area contributed by atoms with Crippen LogP contribution in [-0.2, 0) is 0 Å². The molecule has 0 aliphatic heterocycles. The molecule has 1 aromatic carbocycles. The molecule has 14 heavy (non-hydrogen) atoms. The van der Waals surface area contributed by atoms with Gasteiger partial charge in [0.2, 0.25) is 0 Å². The molecule has 68 valence electrons. The molecule has 0 saturated carbocycles. The van der Waals surface area contributed by atoms with Crippen LogP contribution >= 0.6 is 11.6 Å². The molecule has 0 bridgehead atoms. The Morgan fingerprint density at radius 1 is 1.14 bits per heavy atom. The lowest BCUT2D eigenvalue weighted by atomic mass is 10.3. The van der Waals surface area contributed by atoms with Crippen LogP contribution in [-0.4, -0.2) is 24.8 Å². The van der Waals surface area contributed by atoms with Gasteiger partial charge in [-0.3, -0.25) is 4.40 Å². The van der Waals surface area contributed by atoms with Gasteiger partial charge < -0.3 is 0 Å². The Morgan fingerprint density at radius 2 is 2.07 bits per heavy atom. The van der Waals surface area contributed by atoms with E-state index in [1.54, 1.807) is 22.9 Å². The molecule has 0 saturated heterocycles. The highest BCUT2D eigenvalue weighted by molar-refractivity contribution is 6.31. The molecule has 0 N–H and O–H groups in total. The van der Waals surface area contributed by atoms with E-state index in [4.69, 9.17) is 11.6 Å². The Morgan fingerprint density at radius 3 is 3.00 bits per heavy atom. The molecule has 0 radical (unpaired) electrons. The van der Waals surface area contributed by atoms with Crippen LogP contribution < -0.4 is 0 Å². The van der Waals surface area contributed by atoms with Crippen LogP contribution in [0.4, 0.5) is 0 Å². The predicted molar refractivity (Wildman–Crippen MR) is 51.1 cm³/mol. The third kappa shape index (κ3) is 0.958. The summed E-state index contributed by atoms with van der Waals surface area (Å²) in [5.41, 5.74) is 1.62. The summed E-state index contributed by atoms with van der Waals surface area (Å²) in [7, 11) is 0. The summed E-state index contributed by atoms with van der Waals surface area (Å²) in [6.07, 6.45) is 1.60. The minimum absolute atomic E-state index is 0.486. The number of fused-ring (bicyclic) bond motifs is 3. The summed E-state index contributed by atoms with van der Waals surface area (Å²) in [5, 5.41) is 16.1. The van der Waals surface area contributed by atoms with Crippen LogP contribution in [0.1, 0.15) is 0 Å². The fourth-order valence-corrected chi connectivity index (χ4v) is 1.51. The first-order chi connectivity index (χ1) is 6.84. The van der Waals surface area contributed by atoms with Gasteiger partial charge in [0.25, 0.3) is 5.78 Å². The smallest absolute Gasteiger partial charge is 0.263 e. The number of aromatic nitrogens is 5. The molecule has 0 amide bonds. The highest BCUT2D eigenvalue weighted by Gasteiger charge is 2.03. The largest absolute Gasteiger partial charge is 0.274 e. The summed E-state index contributed by atoms with van der Waals surface area (Å²) < 4.78 is 1.76. The number of hydrogen-bond acceptors (Lipinski definition) is 4. The van der Waals surface area contributed by atoms with E-state index in [1.165, 1.54) is 0 Å². The maximum absolute atomic E-state index is 5.84. The van der Waals surface area contributed by atoms with Crippen molar-refractivity contribution in [1.29, 1.82) is 0 Å². The first kappa shape index (κ1) is 7.64. The van der Waals surface area contributed by atoms with Crippen molar-refractivity contribution in [3.8, 4) is 0 Å². The van der Waals surface area contributed by atoms with Gasteiger partial charge in [-0.25, -0.2) is 0 Å². The average Bonchev–Trinajstić information content (AvgIpc) is 2.65. The van der Waals surface area contributed by atoms with E-state index < -0.39 is 0 Å². The highest BCUT2D eigenvalue weighted by Crippen LogP contribution is 2.16. The lowest BCUT2D eigenvalue weighted by Gasteiger charge is -1.98. The third-order valence-corrected chi connectivity index (χ3v) is 2.21. The average molecular weight is 206 g/mol. The molecule has 6 heteroatoms. The number of hydrogen-bond donors (Lipinski definition) is 0. The molecule has 0 unspecified atom stereocenters. The van der Waals surface area contributed by atoms with E-state index in [-0.39, 0.29) is 0 Å². The van der Waals surface area contributed by atoms with Crippen molar-refractivity contribution < 1.29 is 0 Å². The van der Waals surface area contributed by atoms with Gasteiger partial charge in [-0.1, -0.05) is 11.6 Å². The van der Waals surface area contributed by atoms with Crippen LogP contribution in [0.5, 0.6) is 0 Å². The van der Waals surface area contributed by atoms with Gasteiger partial charge >= 0.3 is 0 Å². The molecular formula is C8H4ClN5. The lowest BCUT2D eigenvalue weighted by Crippen LogP contribution is -1.93. The Labute approximate surface area is 83.3 Å². The first-order valence-electron chi connectivity index (χ1n) is 3.96. The van der Waals surface area contributed by atoms with Gasteiger partial charge in [-0.15, -0.1) is 20.4 Å². The van der Waals surface area contributed by atoms with Crippen molar-refractivity contribution in [1.82, 2.24) is 24.8 Å². The van der Waals surface area contributed by atoms with Gasteiger partial charge in [-0.2, -0.15) is 0 Å². The molecule has 0 atom stereocenters. The molecule has 2 heterocycles. The van der Waals surface area contributed by atoms with Gasteiger partial charge in [0, 0.05) is 5.02 Å². The van der Waals surface area contributed by atoms with E-state index >= 15 is 0 Å². The fourth-order valence-electron chi connectivity index (χ4n) is 1.35. The summed E-state index contributed by atoms with van der Waals surface area (Å²) >= 11 is 5.84. The normalized spacial score (nSPS) is 11.2. The van der Waals surface area contributed by atoms with E-state index in [2.05, 4.69) is 20.4 Å². The molecule has 2 aromatic heterocycles. The molecule has 0 aliphatic rings. The quantitative estimate of drug-likeness (QED) is 0.556. The van der Waals surface area contributed by atoms with Crippen LogP contribution in [0.15, 0.2) is 24.5 Å². The maximum atomic E-state index is 5.84. The molecule has 0 aliphatic carbocycles. The summed E-state index contributed by atoms with van der Waals surface area (Å²) in [6.45, 7) is 0. The van der Waals surface area contributed by atoms with E-state index in [1.807, 2.05) is 6.07 Å². The standard InChI is InChI=1S/C8H4ClN5/c9-5-1-2-7-6(3-5)11-13-8-12-10-4-14(7)8/h1-4H. The zero-order chi connectivity index (χ0) is 9.54. The van der Waals surface area contributed by atoms with Gasteiger partial charge in [0.05, 0.1) is 5.52 Å². The second kappa shape index (κ2) is 2.62. The van der Waals surface area contributed by atoms with E-state index in [0.29, 0.717) is 10.8 Å². The van der Waals surface area contributed by atoms with Crippen molar-refractivity contribution >= 4 is 28.4 Å². The monoisotopic (exact) mass is 205 g/mol. The summed E-state index contributed by atoms with van der Waals surface area (Å²) in [4.78, 5) is 0. The van der Waals surface area contributed by atoms with Crippen LogP contribution in [0.3, 0.4) is 0 Å². The molecule has 3 aromatic rings. The van der Waals surface area contributed by atoms with Gasteiger partial charge in [0.15, 0.2) is 0 Å². The maximum Gasteiger partial charge on any atom is 0.274 e. The van der Waals surface area contributed by atoms with Crippen LogP contribution in [0.25, 0.3) is 16.8 Å². The lowest BCUT2D eigenvalue weighted by molar-refractivity contribution is 1.01. The Bertz CT molecular complexity index is 617. The number of benzene rings is 1. The van der Waals surface area contributed by atoms with Crippen molar-refractivity contribution in [2.45, 2.75) is 0 Å². The molecule has 5 nitrogen and oxygen atoms in total. The zero-order valence-corrected chi connectivity index (χ0v) is 7.68. The third-order valence-electron chi connectivity index (χ3n) is 1.97. The Balaban J connectivity index is 2.57. The Kier molecular flexibility index (Phi) is 1.43. The molecular weight excluding hydrogens is 202 g/mol. The van der Waals surface area contributed by atoms with Gasteiger partial charge in [0.1, 0.15) is 11.8 Å². The van der Waals surface area contributed by atoms with Crippen molar-refractivity contribution in [2.75, 3.05) is 0 Å². The van der Waals surface area contributed by atoms with E-state index in [0.717, 1.165) is 11.0 Å². The summed E-state index contributed by atoms with van der Waals surface area (Å²) in [6, 6.07) is 5.41. The number of nitrogens with zero attached hydrogens (tertiary/aromatic N) is 5. The SMILES string of the molecule is Clc1ccc2c(c1)nnc1nncn12. The zero-order valence-electron chi connectivity index (χ0n) is 6.92. The highest BCUT2D eigenvalue weighted by atomic mass is 35.5. The molecule has 3 rings (SSSR count). The number of halogens is 1. The van der Waals surface area contributed by atoms with E-state index in [9.17, 15) is 0 Å². The second-order valence-electron chi connectivity index (χ2n) is 2.83. The Hall–Kier alpha value is -1.75. The molecule has 0 fully saturated rings. The van der Waals surface area contributed by atoms with Crippen molar-refractivity contribution in [3.05, 3.63) is 29.5 Å². The second-order valence-corrected chi connectivity index (χ2v) is 3.27. The van der Waals surface area contributed by atoms with Crippen molar-refractivity contribution in [2.24, 2.45) is 0 Å². The summed E-state index contributed by atoms with van der Waals surface area (Å²) in [5.74, 6) is 0.486. The van der Waals surface area contributed by atoms with Crippen LogP contribution in [0, 0.1) is 0 Å². The van der Waals surface area contributed by atoms with Crippen LogP contribution in [0.2, 0.25) is 5.02 Å². The first-order valence-corrected chi connectivity index (χ1v) is 4.34. The van der Waals surface area contributed by atoms with Crippen molar-refractivity contribution in [3.63, 3.8) is 0 Å². The fraction of sp³-hybridized carbons (Fsp3) is 0. The minimum atomic E-state index is 0.486.